The second-order valence-electron chi connectivity index (χ2n) is 13.3. The van der Waals surface area contributed by atoms with Gasteiger partial charge in [0, 0.05) is 11.1 Å². The molecule has 5 aliphatic rings. The highest BCUT2D eigenvalue weighted by Crippen LogP contribution is 2.66. The molecule has 0 bridgehead atoms. The van der Waals surface area contributed by atoms with Gasteiger partial charge in [-0.3, -0.25) is 4.68 Å². The van der Waals surface area contributed by atoms with Gasteiger partial charge in [-0.1, -0.05) is 25.1 Å². The van der Waals surface area contributed by atoms with E-state index in [-0.39, 0.29) is 0 Å². The molecule has 184 valence electrons. The molecule has 0 amide bonds. The average Bonchev–Trinajstić information content (AvgIpc) is 3.36. The Morgan fingerprint density at radius 1 is 0.971 bits per heavy atom. The molecule has 1 aliphatic heterocycles. The summed E-state index contributed by atoms with van der Waals surface area (Å²) in [7, 11) is 0. The molecule has 4 saturated carbocycles. The lowest BCUT2D eigenvalue weighted by Gasteiger charge is -2.57. The van der Waals surface area contributed by atoms with Crippen LogP contribution in [-0.2, 0) is 11.3 Å². The number of aromatic nitrogens is 2. The van der Waals surface area contributed by atoms with Crippen molar-refractivity contribution in [1.29, 1.82) is 0 Å². The van der Waals surface area contributed by atoms with E-state index in [2.05, 4.69) is 49.7 Å². The van der Waals surface area contributed by atoms with Gasteiger partial charge in [-0.2, -0.15) is 5.10 Å². The predicted molar refractivity (Wildman–Crippen MR) is 134 cm³/mol. The van der Waals surface area contributed by atoms with Gasteiger partial charge in [0.1, 0.15) is 6.10 Å². The molecule has 5 fully saturated rings. The molecule has 10 atom stereocenters. The van der Waals surface area contributed by atoms with Gasteiger partial charge < -0.3 is 9.84 Å². The zero-order valence-electron chi connectivity index (χ0n) is 21.2. The van der Waals surface area contributed by atoms with Crippen molar-refractivity contribution in [3.63, 3.8) is 0 Å². The third-order valence-corrected chi connectivity index (χ3v) is 11.6. The number of aliphatic hydroxyl groups is 1. The van der Waals surface area contributed by atoms with Crippen LogP contribution in [0, 0.1) is 47.8 Å². The minimum Gasteiger partial charge on any atom is -0.390 e. The van der Waals surface area contributed by atoms with Crippen molar-refractivity contribution in [2.45, 2.75) is 103 Å². The molecule has 1 N–H and O–H groups in total. The van der Waals surface area contributed by atoms with Crippen LogP contribution in [0.1, 0.15) is 77.3 Å². The molecule has 0 spiro atoms. The lowest BCUT2D eigenvalue weighted by atomic mass is 9.49. The van der Waals surface area contributed by atoms with Gasteiger partial charge >= 0.3 is 0 Å². The smallest absolute Gasteiger partial charge is 0.104 e. The van der Waals surface area contributed by atoms with Crippen molar-refractivity contribution in [3.8, 4) is 0 Å². The number of aryl methyl sites for hydroxylation is 1. The van der Waals surface area contributed by atoms with Crippen LogP contribution in [0.15, 0.2) is 24.3 Å². The second-order valence-corrected chi connectivity index (χ2v) is 13.3. The number of fused-ring (bicyclic) bond motifs is 6. The maximum Gasteiger partial charge on any atom is 0.104 e. The first-order valence-corrected chi connectivity index (χ1v) is 14.1. The summed E-state index contributed by atoms with van der Waals surface area (Å²) in [5.41, 5.74) is 2.41. The topological polar surface area (TPSA) is 50.6 Å². The predicted octanol–water partition coefficient (Wildman–Crippen LogP) is 6.13. The normalized spacial score (nSPS) is 47.8. The van der Waals surface area contributed by atoms with Crippen LogP contribution in [-0.4, -0.2) is 32.7 Å². The summed E-state index contributed by atoms with van der Waals surface area (Å²) in [5, 5.41) is 16.8. The maximum absolute atomic E-state index is 10.7. The van der Waals surface area contributed by atoms with Gasteiger partial charge in [0.2, 0.25) is 0 Å². The number of rotatable bonds is 3. The van der Waals surface area contributed by atoms with Crippen molar-refractivity contribution in [2.24, 2.45) is 40.9 Å². The molecule has 1 saturated heterocycles. The lowest BCUT2D eigenvalue weighted by molar-refractivity contribution is -0.101. The molecule has 1 unspecified atom stereocenters. The Labute approximate surface area is 204 Å². The summed E-state index contributed by atoms with van der Waals surface area (Å²) >= 11 is 0. The van der Waals surface area contributed by atoms with E-state index in [0.717, 1.165) is 60.4 Å². The van der Waals surface area contributed by atoms with Gasteiger partial charge in [-0.05, 0) is 119 Å². The molecule has 1 aromatic carbocycles. The van der Waals surface area contributed by atoms with E-state index in [1.807, 2.05) is 0 Å². The molecule has 1 aromatic heterocycles. The molecule has 4 aliphatic carbocycles. The Balaban J connectivity index is 1.05. The van der Waals surface area contributed by atoms with Crippen LogP contribution >= 0.6 is 0 Å². The molecule has 2 aromatic rings. The van der Waals surface area contributed by atoms with Crippen LogP contribution in [0.5, 0.6) is 0 Å². The van der Waals surface area contributed by atoms with Crippen LogP contribution in [0.4, 0.5) is 0 Å². The van der Waals surface area contributed by atoms with E-state index in [4.69, 9.17) is 9.84 Å². The van der Waals surface area contributed by atoms with E-state index >= 15 is 0 Å². The molecule has 2 heterocycles. The van der Waals surface area contributed by atoms with Gasteiger partial charge in [-0.25, -0.2) is 0 Å². The van der Waals surface area contributed by atoms with Crippen LogP contribution in [0.3, 0.4) is 0 Å². The fraction of sp³-hybridized carbons (Fsp3) is 0.767. The molecule has 7 rings (SSSR count). The lowest BCUT2D eigenvalue weighted by Crippen LogP contribution is -2.50. The maximum atomic E-state index is 10.7. The van der Waals surface area contributed by atoms with Gasteiger partial charge in [0.15, 0.2) is 0 Å². The Hall–Kier alpha value is -1.39. The molecular formula is C30H42N2O2. The minimum absolute atomic E-state index is 0.336. The molecule has 4 nitrogen and oxygen atoms in total. The molecule has 0 radical (unpaired) electrons. The van der Waals surface area contributed by atoms with Crippen LogP contribution < -0.4 is 0 Å². The monoisotopic (exact) mass is 462 g/mol. The Morgan fingerprint density at radius 3 is 2.62 bits per heavy atom. The summed E-state index contributed by atoms with van der Waals surface area (Å²) in [5.74, 6) is 5.10. The number of hydrogen-bond acceptors (Lipinski definition) is 3. The van der Waals surface area contributed by atoms with Crippen molar-refractivity contribution in [3.05, 3.63) is 30.0 Å². The number of nitrogens with zero attached hydrogens (tertiary/aromatic N) is 2. The highest BCUT2D eigenvalue weighted by atomic mass is 16.6. The highest BCUT2D eigenvalue weighted by Gasteiger charge is 2.62. The third kappa shape index (κ3) is 3.27. The fourth-order valence-electron chi connectivity index (χ4n) is 9.88. The van der Waals surface area contributed by atoms with Crippen molar-refractivity contribution in [1.82, 2.24) is 9.78 Å². The SMILES string of the molecule is Cc1c2ccccc2nn1C[C@H]1OC1[C@H]1CC[C@H]2[C@@H]3CC[C@@H]4C[C@](C)(O)CC[C@@H]4[C@H]3CC[C@]12C. The summed E-state index contributed by atoms with van der Waals surface area (Å²) < 4.78 is 8.62. The van der Waals surface area contributed by atoms with Crippen molar-refractivity contribution in [2.75, 3.05) is 0 Å². The van der Waals surface area contributed by atoms with E-state index in [9.17, 15) is 5.11 Å². The number of hydrogen-bond donors (Lipinski definition) is 1. The quantitative estimate of drug-likeness (QED) is 0.558. The summed E-state index contributed by atoms with van der Waals surface area (Å²) in [6.07, 6.45) is 12.4. The molecule has 34 heavy (non-hydrogen) atoms. The number of benzene rings is 1. The van der Waals surface area contributed by atoms with E-state index in [0.29, 0.717) is 17.6 Å². The summed E-state index contributed by atoms with van der Waals surface area (Å²) in [4.78, 5) is 0. The fourth-order valence-corrected chi connectivity index (χ4v) is 9.88. The summed E-state index contributed by atoms with van der Waals surface area (Å²) in [6.45, 7) is 7.81. The largest absolute Gasteiger partial charge is 0.390 e. The minimum atomic E-state index is -0.410. The van der Waals surface area contributed by atoms with E-state index in [1.165, 1.54) is 56.0 Å². The average molecular weight is 463 g/mol. The Kier molecular flexibility index (Phi) is 4.86. The first-order valence-electron chi connectivity index (χ1n) is 14.1. The molecular weight excluding hydrogens is 420 g/mol. The zero-order chi connectivity index (χ0) is 23.2. The molecule has 4 heteroatoms. The van der Waals surface area contributed by atoms with Crippen LogP contribution in [0.25, 0.3) is 10.9 Å². The number of ether oxygens (including phenoxy) is 1. The van der Waals surface area contributed by atoms with Gasteiger partial charge in [0.05, 0.1) is 23.8 Å². The standard InChI is InChI=1S/C30H42N2O2/c1-18-20-6-4-5-7-26(20)31-32(18)17-27-28(34-27)25-11-10-24-23-9-8-19-16-29(2,33)14-12-21(19)22(23)13-15-30(24,25)3/h4-7,19,21-25,27-28,33H,8-17H2,1-3H3/t19-,21+,22-,23-,24+,25-,27-,28?,29-,30+/m1/s1. The van der Waals surface area contributed by atoms with Crippen LogP contribution in [0.2, 0.25) is 0 Å². The van der Waals surface area contributed by atoms with Crippen molar-refractivity contribution >= 4 is 10.9 Å². The zero-order valence-corrected chi connectivity index (χ0v) is 21.2. The number of epoxide rings is 1. The second kappa shape index (κ2) is 7.56. The van der Waals surface area contributed by atoms with E-state index in [1.54, 1.807) is 0 Å². The first-order chi connectivity index (χ1) is 16.3. The van der Waals surface area contributed by atoms with E-state index < -0.39 is 5.60 Å². The third-order valence-electron chi connectivity index (χ3n) is 11.6. The highest BCUT2D eigenvalue weighted by molar-refractivity contribution is 5.81. The van der Waals surface area contributed by atoms with Gasteiger partial charge in [-0.15, -0.1) is 0 Å². The summed E-state index contributed by atoms with van der Waals surface area (Å²) in [6, 6.07) is 8.49. The Bertz CT molecular complexity index is 1090. The first kappa shape index (κ1) is 21.9. The van der Waals surface area contributed by atoms with Crippen molar-refractivity contribution < 1.29 is 9.84 Å². The Morgan fingerprint density at radius 2 is 1.76 bits per heavy atom. The van der Waals surface area contributed by atoms with Gasteiger partial charge in [0.25, 0.3) is 0 Å².